The van der Waals surface area contributed by atoms with Gasteiger partial charge in [0.25, 0.3) is 5.56 Å². The average Bonchev–Trinajstić information content (AvgIpc) is 2.35. The Morgan fingerprint density at radius 2 is 1.89 bits per heavy atom. The van der Waals surface area contributed by atoms with Gasteiger partial charge in [0, 0.05) is 0 Å². The molecule has 5 nitrogen and oxygen atoms in total. The van der Waals surface area contributed by atoms with Crippen LogP contribution < -0.4 is 15.0 Å². The highest BCUT2D eigenvalue weighted by Crippen LogP contribution is 2.08. The molecular weight excluding hydrogens is 232 g/mol. The number of aromatic nitrogens is 2. The standard InChI is InChI=1S/C13H14N2O3/c1-10-14-12(16)9-13(15-10)18-8-7-17-11-5-3-2-4-6-11/h2-6,9H,7-8H2,1H3,(H,14,15,16). The first kappa shape index (κ1) is 12.2. The molecule has 94 valence electrons. The molecule has 0 aliphatic carbocycles. The highest BCUT2D eigenvalue weighted by Gasteiger charge is 1.99. The van der Waals surface area contributed by atoms with Crippen molar-refractivity contribution in [3.05, 3.63) is 52.6 Å². The molecule has 0 bridgehead atoms. The van der Waals surface area contributed by atoms with Crippen molar-refractivity contribution in [3.63, 3.8) is 0 Å². The Labute approximate surface area is 104 Å². The van der Waals surface area contributed by atoms with Crippen LogP contribution in [0.2, 0.25) is 0 Å². The number of nitrogens with zero attached hydrogens (tertiary/aromatic N) is 1. The van der Waals surface area contributed by atoms with E-state index >= 15 is 0 Å². The molecule has 0 atom stereocenters. The van der Waals surface area contributed by atoms with Crippen LogP contribution in [0.25, 0.3) is 0 Å². The van der Waals surface area contributed by atoms with Gasteiger partial charge in [-0.25, -0.2) is 4.98 Å². The Morgan fingerprint density at radius 1 is 1.17 bits per heavy atom. The van der Waals surface area contributed by atoms with Gasteiger partial charge >= 0.3 is 0 Å². The molecule has 0 unspecified atom stereocenters. The summed E-state index contributed by atoms with van der Waals surface area (Å²) < 4.78 is 10.8. The van der Waals surface area contributed by atoms with Crippen molar-refractivity contribution in [3.8, 4) is 11.6 Å². The lowest BCUT2D eigenvalue weighted by molar-refractivity contribution is 0.211. The lowest BCUT2D eigenvalue weighted by Crippen LogP contribution is -2.13. The molecule has 2 aromatic rings. The third-order valence-electron chi connectivity index (χ3n) is 2.18. The number of ether oxygens (including phenoxy) is 2. The molecule has 2 rings (SSSR count). The van der Waals surface area contributed by atoms with Crippen LogP contribution in [0.3, 0.4) is 0 Å². The molecule has 0 spiro atoms. The summed E-state index contributed by atoms with van der Waals surface area (Å²) in [6.07, 6.45) is 0. The number of aromatic amines is 1. The molecule has 0 aliphatic heterocycles. The smallest absolute Gasteiger partial charge is 0.254 e. The van der Waals surface area contributed by atoms with Crippen molar-refractivity contribution >= 4 is 0 Å². The zero-order valence-electron chi connectivity index (χ0n) is 10.1. The number of rotatable bonds is 5. The van der Waals surface area contributed by atoms with Gasteiger partial charge < -0.3 is 14.5 Å². The molecule has 1 aromatic heterocycles. The van der Waals surface area contributed by atoms with Crippen LogP contribution in [-0.2, 0) is 0 Å². The van der Waals surface area contributed by atoms with Gasteiger partial charge in [-0.2, -0.15) is 0 Å². The van der Waals surface area contributed by atoms with Crippen LogP contribution in [-0.4, -0.2) is 23.2 Å². The molecule has 0 fully saturated rings. The molecule has 0 radical (unpaired) electrons. The summed E-state index contributed by atoms with van der Waals surface area (Å²) >= 11 is 0. The zero-order chi connectivity index (χ0) is 12.8. The summed E-state index contributed by atoms with van der Waals surface area (Å²) in [5.41, 5.74) is -0.221. The van der Waals surface area contributed by atoms with Crippen molar-refractivity contribution < 1.29 is 9.47 Å². The molecular formula is C13H14N2O3. The van der Waals surface area contributed by atoms with E-state index in [1.54, 1.807) is 6.92 Å². The summed E-state index contributed by atoms with van der Waals surface area (Å²) in [5.74, 6) is 1.63. The number of nitrogens with one attached hydrogen (secondary N) is 1. The Balaban J connectivity index is 1.80. The maximum absolute atomic E-state index is 11.2. The maximum atomic E-state index is 11.2. The van der Waals surface area contributed by atoms with E-state index in [0.29, 0.717) is 24.9 Å². The fourth-order valence-electron chi connectivity index (χ4n) is 1.45. The van der Waals surface area contributed by atoms with Crippen LogP contribution in [0, 0.1) is 6.92 Å². The predicted octanol–water partition coefficient (Wildman–Crippen LogP) is 1.54. The van der Waals surface area contributed by atoms with Crippen molar-refractivity contribution in [2.75, 3.05) is 13.2 Å². The highest BCUT2D eigenvalue weighted by molar-refractivity contribution is 5.20. The lowest BCUT2D eigenvalue weighted by atomic mass is 10.3. The second kappa shape index (κ2) is 5.86. The average molecular weight is 246 g/mol. The maximum Gasteiger partial charge on any atom is 0.254 e. The van der Waals surface area contributed by atoms with Crippen molar-refractivity contribution in [2.45, 2.75) is 6.92 Å². The fraction of sp³-hybridized carbons (Fsp3) is 0.231. The third-order valence-corrected chi connectivity index (χ3v) is 2.18. The minimum Gasteiger partial charge on any atom is -0.490 e. The van der Waals surface area contributed by atoms with Gasteiger partial charge in [0.15, 0.2) is 0 Å². The van der Waals surface area contributed by atoms with Gasteiger partial charge in [-0.05, 0) is 19.1 Å². The Hall–Kier alpha value is -2.30. The number of hydrogen-bond acceptors (Lipinski definition) is 4. The molecule has 1 aromatic carbocycles. The zero-order valence-corrected chi connectivity index (χ0v) is 10.1. The Kier molecular flexibility index (Phi) is 3.96. The van der Waals surface area contributed by atoms with Gasteiger partial charge in [0.05, 0.1) is 6.07 Å². The normalized spacial score (nSPS) is 10.1. The summed E-state index contributed by atoms with van der Waals surface area (Å²) in [5, 5.41) is 0. The number of benzene rings is 1. The van der Waals surface area contributed by atoms with E-state index in [4.69, 9.17) is 9.47 Å². The minimum absolute atomic E-state index is 0.221. The molecule has 0 amide bonds. The van der Waals surface area contributed by atoms with Gasteiger partial charge in [-0.15, -0.1) is 0 Å². The van der Waals surface area contributed by atoms with Gasteiger partial charge in [0.2, 0.25) is 5.88 Å². The molecule has 5 heteroatoms. The number of hydrogen-bond donors (Lipinski definition) is 1. The van der Waals surface area contributed by atoms with E-state index in [0.717, 1.165) is 5.75 Å². The molecule has 0 saturated carbocycles. The SMILES string of the molecule is Cc1nc(OCCOc2ccccc2)cc(=O)[nH]1. The summed E-state index contributed by atoms with van der Waals surface area (Å²) in [6.45, 7) is 2.44. The first-order valence-electron chi connectivity index (χ1n) is 5.62. The van der Waals surface area contributed by atoms with E-state index in [1.807, 2.05) is 30.3 Å². The largest absolute Gasteiger partial charge is 0.490 e. The fourth-order valence-corrected chi connectivity index (χ4v) is 1.45. The van der Waals surface area contributed by atoms with E-state index in [1.165, 1.54) is 6.07 Å². The minimum atomic E-state index is -0.221. The predicted molar refractivity (Wildman–Crippen MR) is 67.0 cm³/mol. The summed E-state index contributed by atoms with van der Waals surface area (Å²) in [7, 11) is 0. The van der Waals surface area contributed by atoms with E-state index in [-0.39, 0.29) is 5.56 Å². The Bertz CT molecular complexity index is 552. The molecule has 0 saturated heterocycles. The van der Waals surface area contributed by atoms with Crippen molar-refractivity contribution in [2.24, 2.45) is 0 Å². The number of para-hydroxylation sites is 1. The third kappa shape index (κ3) is 3.62. The van der Waals surface area contributed by atoms with Gasteiger partial charge in [0.1, 0.15) is 24.8 Å². The monoisotopic (exact) mass is 246 g/mol. The van der Waals surface area contributed by atoms with Crippen LogP contribution in [0.5, 0.6) is 11.6 Å². The quantitative estimate of drug-likeness (QED) is 0.813. The highest BCUT2D eigenvalue weighted by atomic mass is 16.5. The number of aryl methyl sites for hydroxylation is 1. The second-order valence-corrected chi connectivity index (χ2v) is 3.68. The van der Waals surface area contributed by atoms with E-state index in [9.17, 15) is 4.79 Å². The van der Waals surface area contributed by atoms with Crippen LogP contribution in [0.15, 0.2) is 41.2 Å². The van der Waals surface area contributed by atoms with Crippen LogP contribution >= 0.6 is 0 Å². The molecule has 18 heavy (non-hydrogen) atoms. The van der Waals surface area contributed by atoms with Crippen molar-refractivity contribution in [1.29, 1.82) is 0 Å². The number of H-pyrrole nitrogens is 1. The van der Waals surface area contributed by atoms with Gasteiger partial charge in [-0.1, -0.05) is 18.2 Å². The molecule has 1 heterocycles. The van der Waals surface area contributed by atoms with Crippen molar-refractivity contribution in [1.82, 2.24) is 9.97 Å². The van der Waals surface area contributed by atoms with E-state index in [2.05, 4.69) is 9.97 Å². The lowest BCUT2D eigenvalue weighted by Gasteiger charge is -2.07. The summed E-state index contributed by atoms with van der Waals surface area (Å²) in [4.78, 5) is 17.8. The summed E-state index contributed by atoms with van der Waals surface area (Å²) in [6, 6.07) is 10.8. The first-order valence-corrected chi connectivity index (χ1v) is 5.62. The first-order chi connectivity index (χ1) is 8.74. The van der Waals surface area contributed by atoms with Gasteiger partial charge in [-0.3, -0.25) is 4.79 Å². The van der Waals surface area contributed by atoms with Crippen LogP contribution in [0.4, 0.5) is 0 Å². The van der Waals surface area contributed by atoms with E-state index < -0.39 is 0 Å². The Morgan fingerprint density at radius 3 is 2.61 bits per heavy atom. The second-order valence-electron chi connectivity index (χ2n) is 3.68. The molecule has 0 aliphatic rings. The molecule has 1 N–H and O–H groups in total. The van der Waals surface area contributed by atoms with Crippen LogP contribution in [0.1, 0.15) is 5.82 Å². The topological polar surface area (TPSA) is 64.2 Å².